The Kier molecular flexibility index (Phi) is 7.04. The van der Waals surface area contributed by atoms with Gasteiger partial charge in [0.25, 0.3) is 5.91 Å². The zero-order valence-corrected chi connectivity index (χ0v) is 16.2. The molecule has 5 nitrogen and oxygen atoms in total. The van der Waals surface area contributed by atoms with Gasteiger partial charge in [0.1, 0.15) is 11.5 Å². The molecule has 0 radical (unpaired) electrons. The molecule has 0 spiro atoms. The molecule has 0 aliphatic heterocycles. The molecule has 2 aromatic rings. The van der Waals surface area contributed by atoms with Crippen LogP contribution in [0.15, 0.2) is 42.5 Å². The lowest BCUT2D eigenvalue weighted by Gasteiger charge is -2.25. The number of nitrogens with one attached hydrogen (secondary N) is 1. The first-order valence-corrected chi connectivity index (χ1v) is 8.68. The van der Waals surface area contributed by atoms with Crippen LogP contribution >= 0.6 is 0 Å². The van der Waals surface area contributed by atoms with E-state index in [2.05, 4.69) is 10.2 Å². The Morgan fingerprint density at radius 3 is 2.23 bits per heavy atom. The third kappa shape index (κ3) is 5.23. The first-order chi connectivity index (χ1) is 12.4. The highest BCUT2D eigenvalue weighted by Gasteiger charge is 2.16. The number of ether oxygens (including phenoxy) is 2. The summed E-state index contributed by atoms with van der Waals surface area (Å²) < 4.78 is 10.9. The monoisotopic (exact) mass is 356 g/mol. The third-order valence-electron chi connectivity index (χ3n) is 4.37. The van der Waals surface area contributed by atoms with E-state index in [1.165, 1.54) is 0 Å². The average molecular weight is 356 g/mol. The van der Waals surface area contributed by atoms with Gasteiger partial charge in [-0.3, -0.25) is 4.79 Å². The van der Waals surface area contributed by atoms with Gasteiger partial charge in [0.05, 0.1) is 13.2 Å². The summed E-state index contributed by atoms with van der Waals surface area (Å²) in [5.74, 6) is 1.47. The maximum atomic E-state index is 12.2. The SMILES string of the molecule is COc1ccc(C(CNC(=O)COc2c(C)cccc2C)N(C)C)cc1. The van der Waals surface area contributed by atoms with Crippen molar-refractivity contribution in [2.45, 2.75) is 19.9 Å². The molecular formula is C21H28N2O3. The molecule has 0 heterocycles. The number of amides is 1. The number of rotatable bonds is 8. The Labute approximate surface area is 155 Å². The molecule has 26 heavy (non-hydrogen) atoms. The van der Waals surface area contributed by atoms with Crippen molar-refractivity contribution in [1.29, 1.82) is 0 Å². The fourth-order valence-corrected chi connectivity index (χ4v) is 2.85. The lowest BCUT2D eigenvalue weighted by molar-refractivity contribution is -0.123. The van der Waals surface area contributed by atoms with E-state index in [1.807, 2.05) is 70.4 Å². The minimum Gasteiger partial charge on any atom is -0.497 e. The smallest absolute Gasteiger partial charge is 0.258 e. The van der Waals surface area contributed by atoms with Gasteiger partial charge in [-0.2, -0.15) is 0 Å². The lowest BCUT2D eigenvalue weighted by atomic mass is 10.1. The Balaban J connectivity index is 1.92. The molecule has 0 bridgehead atoms. The van der Waals surface area contributed by atoms with E-state index in [9.17, 15) is 4.79 Å². The molecule has 0 aliphatic rings. The van der Waals surface area contributed by atoms with Crippen molar-refractivity contribution in [2.24, 2.45) is 0 Å². The zero-order valence-electron chi connectivity index (χ0n) is 16.2. The molecule has 2 rings (SSSR count). The summed E-state index contributed by atoms with van der Waals surface area (Å²) in [6.45, 7) is 4.47. The molecule has 0 fully saturated rings. The van der Waals surface area contributed by atoms with Crippen molar-refractivity contribution in [3.05, 3.63) is 59.2 Å². The summed E-state index contributed by atoms with van der Waals surface area (Å²) in [4.78, 5) is 14.3. The third-order valence-corrected chi connectivity index (χ3v) is 4.37. The van der Waals surface area contributed by atoms with E-state index in [-0.39, 0.29) is 18.6 Å². The van der Waals surface area contributed by atoms with E-state index in [0.29, 0.717) is 6.54 Å². The molecule has 1 amide bonds. The Hall–Kier alpha value is -2.53. The van der Waals surface area contributed by atoms with Crippen LogP contribution in [0.5, 0.6) is 11.5 Å². The molecule has 5 heteroatoms. The van der Waals surface area contributed by atoms with Gasteiger partial charge >= 0.3 is 0 Å². The second-order valence-corrected chi connectivity index (χ2v) is 6.57. The van der Waals surface area contributed by atoms with Crippen molar-refractivity contribution in [1.82, 2.24) is 10.2 Å². The second kappa shape index (κ2) is 9.25. The molecule has 0 saturated heterocycles. The number of carbonyl (C=O) groups is 1. The number of benzene rings is 2. The quantitative estimate of drug-likeness (QED) is 0.790. The average Bonchev–Trinajstić information content (AvgIpc) is 2.61. The van der Waals surface area contributed by atoms with Crippen molar-refractivity contribution < 1.29 is 14.3 Å². The van der Waals surface area contributed by atoms with Crippen LogP contribution < -0.4 is 14.8 Å². The van der Waals surface area contributed by atoms with E-state index in [0.717, 1.165) is 28.2 Å². The fraction of sp³-hybridized carbons (Fsp3) is 0.381. The number of para-hydroxylation sites is 1. The van der Waals surface area contributed by atoms with Crippen LogP contribution in [0.4, 0.5) is 0 Å². The summed E-state index contributed by atoms with van der Waals surface area (Å²) in [6.07, 6.45) is 0. The Bertz CT molecular complexity index is 706. The minimum absolute atomic E-state index is 0.00839. The van der Waals surface area contributed by atoms with Gasteiger partial charge in [-0.1, -0.05) is 30.3 Å². The van der Waals surface area contributed by atoms with E-state index >= 15 is 0 Å². The molecule has 140 valence electrons. The van der Waals surface area contributed by atoms with Crippen molar-refractivity contribution in [3.63, 3.8) is 0 Å². The zero-order chi connectivity index (χ0) is 19.1. The highest BCUT2D eigenvalue weighted by Crippen LogP contribution is 2.22. The highest BCUT2D eigenvalue weighted by molar-refractivity contribution is 5.77. The normalized spacial score (nSPS) is 11.9. The molecular weight excluding hydrogens is 328 g/mol. The fourth-order valence-electron chi connectivity index (χ4n) is 2.85. The maximum absolute atomic E-state index is 12.2. The second-order valence-electron chi connectivity index (χ2n) is 6.57. The van der Waals surface area contributed by atoms with E-state index in [4.69, 9.17) is 9.47 Å². The van der Waals surface area contributed by atoms with Gasteiger partial charge in [0.2, 0.25) is 0 Å². The minimum atomic E-state index is -0.131. The number of nitrogens with zero attached hydrogens (tertiary/aromatic N) is 1. The van der Waals surface area contributed by atoms with Gasteiger partial charge in [-0.25, -0.2) is 0 Å². The number of aryl methyl sites for hydroxylation is 2. The summed E-state index contributed by atoms with van der Waals surface area (Å²) in [5.41, 5.74) is 3.18. The molecule has 0 saturated carbocycles. The molecule has 0 aliphatic carbocycles. The Morgan fingerprint density at radius 2 is 1.69 bits per heavy atom. The predicted octanol–water partition coefficient (Wildman–Crippen LogP) is 3.11. The summed E-state index contributed by atoms with van der Waals surface area (Å²) in [7, 11) is 5.64. The van der Waals surface area contributed by atoms with Gasteiger partial charge in [0, 0.05) is 6.54 Å². The molecule has 0 aromatic heterocycles. The van der Waals surface area contributed by atoms with Crippen molar-refractivity contribution in [2.75, 3.05) is 34.4 Å². The summed E-state index contributed by atoms with van der Waals surface area (Å²) in [5, 5.41) is 2.96. The van der Waals surface area contributed by atoms with Crippen LogP contribution in [-0.4, -0.2) is 45.2 Å². The first kappa shape index (κ1) is 19.8. The van der Waals surface area contributed by atoms with E-state index in [1.54, 1.807) is 7.11 Å². The summed E-state index contributed by atoms with van der Waals surface area (Å²) in [6, 6.07) is 13.9. The lowest BCUT2D eigenvalue weighted by Crippen LogP contribution is -2.37. The molecule has 1 N–H and O–H groups in total. The Morgan fingerprint density at radius 1 is 1.08 bits per heavy atom. The van der Waals surface area contributed by atoms with Crippen molar-refractivity contribution >= 4 is 5.91 Å². The van der Waals surface area contributed by atoms with Crippen LogP contribution in [-0.2, 0) is 4.79 Å². The van der Waals surface area contributed by atoms with E-state index < -0.39 is 0 Å². The topological polar surface area (TPSA) is 50.8 Å². The molecule has 1 atom stereocenters. The highest BCUT2D eigenvalue weighted by atomic mass is 16.5. The van der Waals surface area contributed by atoms with Gasteiger partial charge in [0.15, 0.2) is 6.61 Å². The standard InChI is InChI=1S/C21H28N2O3/c1-15-7-6-8-16(2)21(15)26-14-20(24)22-13-19(23(3)4)17-9-11-18(25-5)12-10-17/h6-12,19H,13-14H2,1-5H3,(H,22,24). The number of likely N-dealkylation sites (N-methyl/N-ethyl adjacent to an activating group) is 1. The molecule has 2 aromatic carbocycles. The van der Waals surface area contributed by atoms with Crippen molar-refractivity contribution in [3.8, 4) is 11.5 Å². The number of carbonyl (C=O) groups excluding carboxylic acids is 1. The number of methoxy groups -OCH3 is 1. The molecule has 1 unspecified atom stereocenters. The van der Waals surface area contributed by atoms with Crippen LogP contribution in [0.2, 0.25) is 0 Å². The van der Waals surface area contributed by atoms with Crippen LogP contribution in [0.25, 0.3) is 0 Å². The first-order valence-electron chi connectivity index (χ1n) is 8.68. The van der Waals surface area contributed by atoms with Gasteiger partial charge in [-0.15, -0.1) is 0 Å². The predicted molar refractivity (Wildman–Crippen MR) is 104 cm³/mol. The maximum Gasteiger partial charge on any atom is 0.258 e. The van der Waals surface area contributed by atoms with Crippen LogP contribution in [0.1, 0.15) is 22.7 Å². The number of hydrogen-bond donors (Lipinski definition) is 1. The van der Waals surface area contributed by atoms with Crippen LogP contribution in [0, 0.1) is 13.8 Å². The number of hydrogen-bond acceptors (Lipinski definition) is 4. The summed E-state index contributed by atoms with van der Waals surface area (Å²) >= 11 is 0. The van der Waals surface area contributed by atoms with Gasteiger partial charge < -0.3 is 19.7 Å². The van der Waals surface area contributed by atoms with Crippen LogP contribution in [0.3, 0.4) is 0 Å². The van der Waals surface area contributed by atoms with Gasteiger partial charge in [-0.05, 0) is 56.8 Å². The largest absolute Gasteiger partial charge is 0.497 e.